The van der Waals surface area contributed by atoms with Crippen molar-refractivity contribution in [1.82, 2.24) is 14.9 Å². The number of carbonyl (C=O) groups is 1. The van der Waals surface area contributed by atoms with E-state index in [4.69, 9.17) is 47.9 Å². The van der Waals surface area contributed by atoms with Gasteiger partial charge in [-0.25, -0.2) is 14.8 Å². The van der Waals surface area contributed by atoms with Gasteiger partial charge in [0.1, 0.15) is 23.7 Å². The van der Waals surface area contributed by atoms with E-state index >= 15 is 0 Å². The lowest BCUT2D eigenvalue weighted by Gasteiger charge is -2.32. The van der Waals surface area contributed by atoms with Gasteiger partial charge >= 0.3 is 6.09 Å². The zero-order valence-corrected chi connectivity index (χ0v) is 24.2. The van der Waals surface area contributed by atoms with Gasteiger partial charge in [0.25, 0.3) is 0 Å². The molecular weight excluding hydrogens is 547 g/mol. The SMILES string of the molecule is COc1cc(OC)c(Cl)c(COc2cnc(NC(C=NC3CCN(C(=O)OC(C)(C)C)CC3)=CN)nc2)c1Cl. The van der Waals surface area contributed by atoms with Crippen LogP contribution in [-0.2, 0) is 11.3 Å². The molecule has 2 aromatic rings. The molecule has 0 radical (unpaired) electrons. The van der Waals surface area contributed by atoms with Crippen molar-refractivity contribution in [2.45, 2.75) is 51.9 Å². The van der Waals surface area contributed by atoms with Crippen molar-refractivity contribution in [3.8, 4) is 17.2 Å². The summed E-state index contributed by atoms with van der Waals surface area (Å²) in [6.07, 6.45) is 7.19. The predicted octanol–water partition coefficient (Wildman–Crippen LogP) is 5.06. The van der Waals surface area contributed by atoms with Crippen molar-refractivity contribution in [3.63, 3.8) is 0 Å². The van der Waals surface area contributed by atoms with Gasteiger partial charge in [-0.15, -0.1) is 0 Å². The fraction of sp³-hybridized carbons (Fsp3) is 0.462. The van der Waals surface area contributed by atoms with Gasteiger partial charge in [-0.2, -0.15) is 0 Å². The van der Waals surface area contributed by atoms with Crippen LogP contribution in [0.15, 0.2) is 35.3 Å². The highest BCUT2D eigenvalue weighted by atomic mass is 35.5. The molecule has 11 nitrogen and oxygen atoms in total. The molecule has 0 bridgehead atoms. The summed E-state index contributed by atoms with van der Waals surface area (Å²) in [5, 5.41) is 3.68. The number of benzene rings is 1. The fourth-order valence-electron chi connectivity index (χ4n) is 3.63. The number of hydrogen-bond acceptors (Lipinski definition) is 10. The molecular formula is C26H34Cl2N6O5. The number of aromatic nitrogens is 2. The molecule has 212 valence electrons. The zero-order valence-electron chi connectivity index (χ0n) is 22.7. The van der Waals surface area contributed by atoms with Gasteiger partial charge < -0.3 is 34.9 Å². The Balaban J connectivity index is 1.53. The van der Waals surface area contributed by atoms with E-state index in [0.717, 1.165) is 12.8 Å². The minimum Gasteiger partial charge on any atom is -0.495 e. The van der Waals surface area contributed by atoms with Crippen molar-refractivity contribution in [3.05, 3.63) is 46.0 Å². The molecule has 1 fully saturated rings. The molecule has 0 saturated carbocycles. The van der Waals surface area contributed by atoms with E-state index in [0.29, 0.717) is 57.6 Å². The average Bonchev–Trinajstić information content (AvgIpc) is 2.91. The van der Waals surface area contributed by atoms with Crippen molar-refractivity contribution < 1.29 is 23.7 Å². The average molecular weight is 582 g/mol. The number of nitrogens with one attached hydrogen (secondary N) is 1. The van der Waals surface area contributed by atoms with E-state index in [1.807, 2.05) is 20.8 Å². The smallest absolute Gasteiger partial charge is 0.410 e. The van der Waals surface area contributed by atoms with Crippen LogP contribution in [0.1, 0.15) is 39.2 Å². The molecule has 1 aliphatic heterocycles. The number of piperidine rings is 1. The molecule has 1 saturated heterocycles. The lowest BCUT2D eigenvalue weighted by molar-refractivity contribution is 0.0207. The minimum atomic E-state index is -0.517. The molecule has 0 atom stereocenters. The molecule has 1 aromatic carbocycles. The van der Waals surface area contributed by atoms with Crippen molar-refractivity contribution in [2.75, 3.05) is 32.6 Å². The Hall–Kier alpha value is -3.44. The van der Waals surface area contributed by atoms with Crippen molar-refractivity contribution >= 4 is 41.5 Å². The maximum Gasteiger partial charge on any atom is 0.410 e. The third kappa shape index (κ3) is 8.52. The highest BCUT2D eigenvalue weighted by Gasteiger charge is 2.26. The maximum atomic E-state index is 12.2. The van der Waals surface area contributed by atoms with Gasteiger partial charge in [-0.1, -0.05) is 23.2 Å². The Labute approximate surface area is 238 Å². The number of aliphatic imine (C=N–C) groups is 1. The monoisotopic (exact) mass is 580 g/mol. The first-order valence-corrected chi connectivity index (χ1v) is 13.0. The normalized spacial score (nSPS) is 14.8. The Morgan fingerprint density at radius 3 is 2.26 bits per heavy atom. The second kappa shape index (κ2) is 13.6. The van der Waals surface area contributed by atoms with Gasteiger partial charge in [-0.3, -0.25) is 4.99 Å². The number of anilines is 1. The van der Waals surface area contributed by atoms with Gasteiger partial charge in [-0.05, 0) is 33.6 Å². The molecule has 39 heavy (non-hydrogen) atoms. The van der Waals surface area contributed by atoms with E-state index in [-0.39, 0.29) is 18.7 Å². The topological polar surface area (TPSA) is 133 Å². The van der Waals surface area contributed by atoms with Crippen molar-refractivity contribution in [2.24, 2.45) is 10.7 Å². The summed E-state index contributed by atoms with van der Waals surface area (Å²) in [5.41, 5.74) is 6.29. The minimum absolute atomic E-state index is 0.0503. The molecule has 3 rings (SSSR count). The second-order valence-corrected chi connectivity index (χ2v) is 10.4. The molecule has 0 unspecified atom stereocenters. The summed E-state index contributed by atoms with van der Waals surface area (Å²) < 4.78 is 21.8. The number of likely N-dealkylation sites (tertiary alicyclic amines) is 1. The fourth-order valence-corrected chi connectivity index (χ4v) is 4.24. The number of nitrogens with two attached hydrogens (primary N) is 1. The molecule has 0 aliphatic carbocycles. The first-order valence-electron chi connectivity index (χ1n) is 12.3. The first kappa shape index (κ1) is 30.1. The highest BCUT2D eigenvalue weighted by Crippen LogP contribution is 2.40. The number of carbonyl (C=O) groups excluding carboxylic acids is 1. The van der Waals surface area contributed by atoms with Crippen LogP contribution in [0.3, 0.4) is 0 Å². The number of hydrogen-bond donors (Lipinski definition) is 2. The molecule has 13 heteroatoms. The van der Waals surface area contributed by atoms with Gasteiger partial charge in [0, 0.05) is 37.1 Å². The Morgan fingerprint density at radius 1 is 1.15 bits per heavy atom. The van der Waals surface area contributed by atoms with Crippen LogP contribution in [0.2, 0.25) is 10.0 Å². The van der Waals surface area contributed by atoms with E-state index in [1.54, 1.807) is 17.2 Å². The first-order chi connectivity index (χ1) is 18.5. The standard InChI is InChI=1S/C26H34Cl2N6O5/c1-26(2,3)39-25(35)34-8-6-16(7-9-34)30-12-17(11-29)33-24-31-13-18(14-32-24)38-15-19-22(27)20(36-4)10-21(37-5)23(19)28/h10-14,16H,6-9,15,29H2,1-5H3,(H,31,32,33). The summed E-state index contributed by atoms with van der Waals surface area (Å²) in [5.74, 6) is 1.55. The van der Waals surface area contributed by atoms with Gasteiger partial charge in [0.05, 0.1) is 48.4 Å². The molecule has 1 amide bonds. The predicted molar refractivity (Wildman–Crippen MR) is 151 cm³/mol. The number of halogens is 2. The summed E-state index contributed by atoms with van der Waals surface area (Å²) >= 11 is 12.8. The summed E-state index contributed by atoms with van der Waals surface area (Å²) in [6, 6.07) is 1.67. The quantitative estimate of drug-likeness (QED) is 0.390. The third-order valence-electron chi connectivity index (χ3n) is 5.65. The molecule has 1 aromatic heterocycles. The molecule has 1 aliphatic rings. The maximum absolute atomic E-state index is 12.2. The summed E-state index contributed by atoms with van der Waals surface area (Å²) in [4.78, 5) is 27.1. The molecule has 0 spiro atoms. The van der Waals surface area contributed by atoms with E-state index < -0.39 is 5.60 Å². The van der Waals surface area contributed by atoms with E-state index in [9.17, 15) is 4.79 Å². The molecule has 2 heterocycles. The van der Waals surface area contributed by atoms with Crippen molar-refractivity contribution in [1.29, 1.82) is 0 Å². The summed E-state index contributed by atoms with van der Waals surface area (Å²) in [6.45, 7) is 6.77. The van der Waals surface area contributed by atoms with Crippen LogP contribution in [0.25, 0.3) is 0 Å². The van der Waals surface area contributed by atoms with Crippen LogP contribution >= 0.6 is 23.2 Å². The van der Waals surface area contributed by atoms with E-state index in [2.05, 4.69) is 20.3 Å². The number of rotatable bonds is 9. The number of methoxy groups -OCH3 is 2. The largest absolute Gasteiger partial charge is 0.495 e. The van der Waals surface area contributed by atoms with Crippen LogP contribution in [0.4, 0.5) is 10.7 Å². The number of ether oxygens (including phenoxy) is 4. The van der Waals surface area contributed by atoms with Crippen LogP contribution < -0.4 is 25.3 Å². The summed E-state index contributed by atoms with van der Waals surface area (Å²) in [7, 11) is 3.01. The van der Waals surface area contributed by atoms with Crippen LogP contribution in [0, 0.1) is 0 Å². The Morgan fingerprint density at radius 2 is 1.74 bits per heavy atom. The number of allylic oxidation sites excluding steroid dienone is 1. The lowest BCUT2D eigenvalue weighted by Crippen LogP contribution is -2.42. The zero-order chi connectivity index (χ0) is 28.6. The number of nitrogens with zero attached hydrogens (tertiary/aromatic N) is 4. The Bertz CT molecular complexity index is 1160. The third-order valence-corrected chi connectivity index (χ3v) is 6.48. The highest BCUT2D eigenvalue weighted by molar-refractivity contribution is 6.37. The second-order valence-electron chi connectivity index (χ2n) is 9.64. The molecule has 3 N–H and O–H groups in total. The lowest BCUT2D eigenvalue weighted by atomic mass is 10.1. The van der Waals surface area contributed by atoms with Gasteiger partial charge in [0.15, 0.2) is 5.75 Å². The number of amides is 1. The van der Waals surface area contributed by atoms with Crippen LogP contribution in [0.5, 0.6) is 17.2 Å². The van der Waals surface area contributed by atoms with Gasteiger partial charge in [0.2, 0.25) is 5.95 Å². The van der Waals surface area contributed by atoms with Crippen LogP contribution in [-0.4, -0.2) is 66.1 Å². The van der Waals surface area contributed by atoms with E-state index in [1.165, 1.54) is 32.8 Å². The Kier molecular flexibility index (Phi) is 10.5.